The molecule has 3 amide bonds. The van der Waals surface area contributed by atoms with Crippen molar-refractivity contribution in [2.45, 2.75) is 38.3 Å². The highest BCUT2D eigenvalue weighted by Gasteiger charge is 2.21. The molecule has 3 rings (SSSR count). The van der Waals surface area contributed by atoms with Gasteiger partial charge >= 0.3 is 0 Å². The molecule has 228 valence electrons. The van der Waals surface area contributed by atoms with Crippen LogP contribution < -0.4 is 26.4 Å². The predicted molar refractivity (Wildman–Crippen MR) is 161 cm³/mol. The van der Waals surface area contributed by atoms with Crippen molar-refractivity contribution < 1.29 is 23.9 Å². The van der Waals surface area contributed by atoms with E-state index in [4.69, 9.17) is 15.2 Å². The lowest BCUT2D eigenvalue weighted by Crippen LogP contribution is -2.45. The lowest BCUT2D eigenvalue weighted by atomic mass is 10.1. The summed E-state index contributed by atoms with van der Waals surface area (Å²) in [6.07, 6.45) is 7.01. The lowest BCUT2D eigenvalue weighted by molar-refractivity contribution is -0.135. The molecule has 1 aliphatic rings. The first-order chi connectivity index (χ1) is 20.1. The molecule has 1 saturated heterocycles. The molecule has 13 heteroatoms. The Morgan fingerprint density at radius 2 is 1.98 bits per heavy atom. The van der Waals surface area contributed by atoms with Crippen molar-refractivity contribution in [2.24, 2.45) is 5.73 Å². The first-order valence-corrected chi connectivity index (χ1v) is 14.0. The van der Waals surface area contributed by atoms with E-state index in [0.29, 0.717) is 56.6 Å². The number of hydrogen-bond acceptors (Lipinski definition) is 10. The van der Waals surface area contributed by atoms with Gasteiger partial charge in [0.15, 0.2) is 11.5 Å². The number of rotatable bonds is 15. The van der Waals surface area contributed by atoms with E-state index in [0.717, 1.165) is 12.8 Å². The molecule has 1 aromatic carbocycles. The average Bonchev–Trinajstić information content (AvgIpc) is 2.96. The summed E-state index contributed by atoms with van der Waals surface area (Å²) < 4.78 is 11.3. The molecule has 1 atom stereocenters. The molecule has 0 radical (unpaired) electrons. The molecule has 13 nitrogen and oxygen atoms in total. The molecule has 0 bridgehead atoms. The molecule has 2 aromatic rings. The van der Waals surface area contributed by atoms with Crippen LogP contribution in [-0.2, 0) is 14.3 Å². The molecule has 1 aromatic heterocycles. The Labute approximate surface area is 246 Å². The van der Waals surface area contributed by atoms with E-state index >= 15 is 0 Å². The van der Waals surface area contributed by atoms with E-state index in [1.165, 1.54) is 17.2 Å². The van der Waals surface area contributed by atoms with Crippen LogP contribution in [0.3, 0.4) is 0 Å². The zero-order valence-electron chi connectivity index (χ0n) is 24.8. The molecular weight excluding hydrogens is 540 g/mol. The Hall–Kier alpha value is -4.23. The van der Waals surface area contributed by atoms with Crippen molar-refractivity contribution in [3.8, 4) is 5.75 Å². The number of likely N-dealkylation sites (N-methyl/N-ethyl adjacent to an activating group) is 2. The number of amides is 3. The van der Waals surface area contributed by atoms with Gasteiger partial charge in [-0.15, -0.1) is 0 Å². The van der Waals surface area contributed by atoms with Crippen LogP contribution in [0.25, 0.3) is 0 Å². The fourth-order valence-corrected chi connectivity index (χ4v) is 4.05. The summed E-state index contributed by atoms with van der Waals surface area (Å²) in [7, 11) is 5.43. The number of aromatic nitrogens is 2. The maximum Gasteiger partial charge on any atom is 0.271 e. The van der Waals surface area contributed by atoms with E-state index in [9.17, 15) is 14.4 Å². The number of ether oxygens (including phenoxy) is 2. The van der Waals surface area contributed by atoms with Crippen LogP contribution in [0.15, 0.2) is 42.6 Å². The van der Waals surface area contributed by atoms with Gasteiger partial charge in [-0.3, -0.25) is 14.4 Å². The van der Waals surface area contributed by atoms with Gasteiger partial charge in [-0.2, -0.15) is 0 Å². The number of nitrogens with two attached hydrogens (primary N) is 1. The fraction of sp³-hybridized carbons (Fsp3) is 0.483. The third-order valence-electron chi connectivity index (χ3n) is 6.60. The number of hydrogen-bond donors (Lipinski definition) is 4. The van der Waals surface area contributed by atoms with Crippen LogP contribution in [0.5, 0.6) is 5.75 Å². The van der Waals surface area contributed by atoms with Crippen molar-refractivity contribution in [2.75, 3.05) is 64.7 Å². The van der Waals surface area contributed by atoms with Crippen LogP contribution in [0, 0.1) is 0 Å². The molecule has 5 N–H and O–H groups in total. The standard InChI is InChI=1S/C29H42N8O5/c1-20(37(4)25(38)10-6-14-36(2)3)29(40)31-13-7-15-42-23-9-5-8-22(18-23)34-28-26(27(30)39)32-19-24(35-28)33-21-11-16-41-17-12-21/h5-6,8-10,18-21H,7,11-17H2,1-4H3,(H2,30,39)(H,31,40)(H2,33,34,35)/b10-6+/t20-/m0/s1. The van der Waals surface area contributed by atoms with E-state index in [-0.39, 0.29) is 29.4 Å². The average molecular weight is 583 g/mol. The summed E-state index contributed by atoms with van der Waals surface area (Å²) >= 11 is 0. The Balaban J connectivity index is 1.48. The van der Waals surface area contributed by atoms with Crippen molar-refractivity contribution in [1.29, 1.82) is 0 Å². The number of nitrogens with one attached hydrogen (secondary N) is 3. The fourth-order valence-electron chi connectivity index (χ4n) is 4.05. The minimum absolute atomic E-state index is 0.0285. The number of anilines is 3. The molecule has 1 fully saturated rings. The van der Waals surface area contributed by atoms with E-state index in [1.54, 1.807) is 32.2 Å². The molecule has 0 unspecified atom stereocenters. The lowest BCUT2D eigenvalue weighted by Gasteiger charge is -2.23. The van der Waals surface area contributed by atoms with Gasteiger partial charge in [0, 0.05) is 57.2 Å². The van der Waals surface area contributed by atoms with E-state index in [2.05, 4.69) is 25.9 Å². The normalized spacial score (nSPS) is 14.4. The number of nitrogens with zero attached hydrogens (tertiary/aromatic N) is 4. The van der Waals surface area contributed by atoms with Crippen LogP contribution in [-0.4, -0.2) is 104 Å². The summed E-state index contributed by atoms with van der Waals surface area (Å²) in [5.74, 6) is 0.215. The Morgan fingerprint density at radius 1 is 1.21 bits per heavy atom. The van der Waals surface area contributed by atoms with Crippen LogP contribution >= 0.6 is 0 Å². The SMILES string of the molecule is C[C@@H](C(=O)NCCCOc1cccc(Nc2nc(NC3CCOCC3)cnc2C(N)=O)c1)N(C)C(=O)/C=C/CN(C)C. The van der Waals surface area contributed by atoms with Crippen LogP contribution in [0.4, 0.5) is 17.3 Å². The van der Waals surface area contributed by atoms with Gasteiger partial charge in [0.1, 0.15) is 17.6 Å². The molecule has 2 heterocycles. The highest BCUT2D eigenvalue weighted by molar-refractivity contribution is 5.96. The summed E-state index contributed by atoms with van der Waals surface area (Å²) in [5, 5.41) is 9.31. The molecule has 1 aliphatic heterocycles. The van der Waals surface area contributed by atoms with Gasteiger partial charge in [0.25, 0.3) is 5.91 Å². The van der Waals surface area contributed by atoms with Gasteiger partial charge in [-0.1, -0.05) is 12.1 Å². The first kappa shape index (κ1) is 32.3. The topological polar surface area (TPSA) is 164 Å². The predicted octanol–water partition coefficient (Wildman–Crippen LogP) is 1.76. The molecule has 0 saturated carbocycles. The Bertz CT molecular complexity index is 1230. The largest absolute Gasteiger partial charge is 0.493 e. The highest BCUT2D eigenvalue weighted by atomic mass is 16.5. The van der Waals surface area contributed by atoms with Crippen LogP contribution in [0.2, 0.25) is 0 Å². The second-order valence-electron chi connectivity index (χ2n) is 10.3. The molecule has 42 heavy (non-hydrogen) atoms. The molecule has 0 spiro atoms. The van der Waals surface area contributed by atoms with Gasteiger partial charge in [-0.25, -0.2) is 9.97 Å². The Morgan fingerprint density at radius 3 is 2.69 bits per heavy atom. The van der Waals surface area contributed by atoms with Gasteiger partial charge in [-0.05, 0) is 52.4 Å². The molecule has 0 aliphatic carbocycles. The van der Waals surface area contributed by atoms with Gasteiger partial charge < -0.3 is 41.0 Å². The zero-order chi connectivity index (χ0) is 30.5. The van der Waals surface area contributed by atoms with Crippen LogP contribution in [0.1, 0.15) is 36.7 Å². The monoisotopic (exact) mass is 582 g/mol. The van der Waals surface area contributed by atoms with Crippen molar-refractivity contribution in [3.63, 3.8) is 0 Å². The minimum atomic E-state index is -0.692. The van der Waals surface area contributed by atoms with E-state index < -0.39 is 11.9 Å². The smallest absolute Gasteiger partial charge is 0.271 e. The summed E-state index contributed by atoms with van der Waals surface area (Å²) in [6, 6.07) is 6.80. The van der Waals surface area contributed by atoms with Crippen molar-refractivity contribution in [1.82, 2.24) is 25.1 Å². The number of carbonyl (C=O) groups is 3. The third kappa shape index (κ3) is 10.3. The summed E-state index contributed by atoms with van der Waals surface area (Å²) in [4.78, 5) is 48.8. The quantitative estimate of drug-likeness (QED) is 0.180. The Kier molecular flexibility index (Phi) is 12.5. The third-order valence-corrected chi connectivity index (χ3v) is 6.60. The number of carbonyl (C=O) groups excluding carboxylic acids is 3. The second-order valence-corrected chi connectivity index (χ2v) is 10.3. The minimum Gasteiger partial charge on any atom is -0.493 e. The first-order valence-electron chi connectivity index (χ1n) is 14.0. The number of benzene rings is 1. The van der Waals surface area contributed by atoms with Crippen molar-refractivity contribution in [3.05, 3.63) is 48.3 Å². The van der Waals surface area contributed by atoms with Gasteiger partial charge in [0.05, 0.1) is 12.8 Å². The maximum atomic E-state index is 12.5. The zero-order valence-corrected chi connectivity index (χ0v) is 24.8. The van der Waals surface area contributed by atoms with E-state index in [1.807, 2.05) is 31.1 Å². The maximum absolute atomic E-state index is 12.5. The van der Waals surface area contributed by atoms with Gasteiger partial charge in [0.2, 0.25) is 11.8 Å². The summed E-state index contributed by atoms with van der Waals surface area (Å²) in [6.45, 7) is 4.44. The molecular formula is C29H42N8O5. The number of primary amides is 1. The highest BCUT2D eigenvalue weighted by Crippen LogP contribution is 2.24. The second kappa shape index (κ2) is 16.3. The summed E-state index contributed by atoms with van der Waals surface area (Å²) in [5.41, 5.74) is 6.20. The van der Waals surface area contributed by atoms with Crippen molar-refractivity contribution >= 4 is 35.0 Å².